The maximum absolute atomic E-state index is 11.4. The van der Waals surface area contributed by atoms with Gasteiger partial charge in [-0.05, 0) is 6.92 Å². The van der Waals surface area contributed by atoms with E-state index in [1.54, 1.807) is 6.92 Å². The van der Waals surface area contributed by atoms with Crippen LogP contribution in [0.3, 0.4) is 0 Å². The molecule has 0 aliphatic carbocycles. The average molecular weight is 200 g/mol. The maximum atomic E-state index is 11.4. The molecule has 2 rings (SSSR count). The maximum Gasteiger partial charge on any atom is 0.315 e. The highest BCUT2D eigenvalue weighted by atomic mass is 16.6. The Hall–Kier alpha value is -1.10. The normalized spacial score (nSPS) is 42.4. The van der Waals surface area contributed by atoms with Gasteiger partial charge in [-0.3, -0.25) is 9.59 Å². The molecular formula is C9H12O5. The van der Waals surface area contributed by atoms with Crippen molar-refractivity contribution in [1.29, 1.82) is 0 Å². The molecule has 4 unspecified atom stereocenters. The van der Waals surface area contributed by atoms with E-state index in [1.807, 2.05) is 0 Å². The van der Waals surface area contributed by atoms with Crippen molar-refractivity contribution in [3.8, 4) is 0 Å². The Morgan fingerprint density at radius 2 is 2.07 bits per heavy atom. The minimum Gasteiger partial charge on any atom is -0.462 e. The lowest BCUT2D eigenvalue weighted by molar-refractivity contribution is -0.197. The van der Waals surface area contributed by atoms with Gasteiger partial charge in [0.1, 0.15) is 18.1 Å². The molecule has 5 nitrogen and oxygen atoms in total. The van der Waals surface area contributed by atoms with E-state index in [0.29, 0.717) is 6.42 Å². The molecule has 0 bridgehead atoms. The Kier molecular flexibility index (Phi) is 2.19. The molecular weight excluding hydrogens is 188 g/mol. The van der Waals surface area contributed by atoms with Crippen LogP contribution in [0.1, 0.15) is 19.8 Å². The van der Waals surface area contributed by atoms with Crippen LogP contribution in [0.15, 0.2) is 0 Å². The van der Waals surface area contributed by atoms with E-state index in [1.165, 1.54) is 0 Å². The van der Waals surface area contributed by atoms with Gasteiger partial charge in [0.05, 0.1) is 12.5 Å². The summed E-state index contributed by atoms with van der Waals surface area (Å²) in [5, 5.41) is 9.53. The van der Waals surface area contributed by atoms with Crippen LogP contribution in [0.4, 0.5) is 0 Å². The fourth-order valence-electron chi connectivity index (χ4n) is 1.99. The molecule has 2 aliphatic rings. The second kappa shape index (κ2) is 3.24. The number of rotatable bonds is 0. The monoisotopic (exact) mass is 200 g/mol. The summed E-state index contributed by atoms with van der Waals surface area (Å²) in [6.07, 6.45) is -1.37. The Bertz CT molecular complexity index is 274. The summed E-state index contributed by atoms with van der Waals surface area (Å²) in [6.45, 7) is 1.74. The van der Waals surface area contributed by atoms with Gasteiger partial charge in [-0.2, -0.15) is 0 Å². The van der Waals surface area contributed by atoms with Gasteiger partial charge in [-0.15, -0.1) is 0 Å². The van der Waals surface area contributed by atoms with Gasteiger partial charge in [-0.25, -0.2) is 0 Å². The largest absolute Gasteiger partial charge is 0.462 e. The second-order valence-electron chi connectivity index (χ2n) is 3.81. The van der Waals surface area contributed by atoms with E-state index in [9.17, 15) is 14.7 Å². The average Bonchev–Trinajstić information content (AvgIpc) is 1.99. The SMILES string of the molecule is CC1CC2OC(=O)CC(O)C2C(=O)O1. The van der Waals surface area contributed by atoms with Crippen LogP contribution in [0.25, 0.3) is 0 Å². The summed E-state index contributed by atoms with van der Waals surface area (Å²) in [4.78, 5) is 22.4. The zero-order valence-electron chi connectivity index (χ0n) is 7.80. The fourth-order valence-corrected chi connectivity index (χ4v) is 1.99. The first-order chi connectivity index (χ1) is 6.58. The number of hydrogen-bond donors (Lipinski definition) is 1. The molecule has 0 amide bonds. The summed E-state index contributed by atoms with van der Waals surface area (Å²) < 4.78 is 9.97. The lowest BCUT2D eigenvalue weighted by Gasteiger charge is -2.38. The zero-order chi connectivity index (χ0) is 10.3. The molecule has 0 aromatic carbocycles. The van der Waals surface area contributed by atoms with Gasteiger partial charge in [0, 0.05) is 6.42 Å². The van der Waals surface area contributed by atoms with E-state index in [4.69, 9.17) is 9.47 Å². The first-order valence-corrected chi connectivity index (χ1v) is 4.66. The molecule has 0 aromatic rings. The van der Waals surface area contributed by atoms with Crippen LogP contribution >= 0.6 is 0 Å². The minimum atomic E-state index is -0.957. The number of aliphatic hydroxyl groups excluding tert-OH is 1. The number of ether oxygens (including phenoxy) is 2. The molecule has 0 saturated carbocycles. The van der Waals surface area contributed by atoms with Crippen molar-refractivity contribution >= 4 is 11.9 Å². The van der Waals surface area contributed by atoms with E-state index in [-0.39, 0.29) is 12.5 Å². The molecule has 2 aliphatic heterocycles. The van der Waals surface area contributed by atoms with Gasteiger partial charge in [0.25, 0.3) is 0 Å². The van der Waals surface area contributed by atoms with Crippen molar-refractivity contribution in [3.05, 3.63) is 0 Å². The van der Waals surface area contributed by atoms with Gasteiger partial charge in [0.2, 0.25) is 0 Å². The molecule has 0 spiro atoms. The number of carbonyl (C=O) groups is 2. The molecule has 0 aromatic heterocycles. The molecule has 2 saturated heterocycles. The minimum absolute atomic E-state index is 0.120. The summed E-state index contributed by atoms with van der Waals surface area (Å²) in [5.41, 5.74) is 0. The third-order valence-corrected chi connectivity index (χ3v) is 2.63. The molecule has 14 heavy (non-hydrogen) atoms. The quantitative estimate of drug-likeness (QED) is 0.539. The van der Waals surface area contributed by atoms with E-state index >= 15 is 0 Å². The second-order valence-corrected chi connectivity index (χ2v) is 3.81. The fraction of sp³-hybridized carbons (Fsp3) is 0.778. The third-order valence-electron chi connectivity index (χ3n) is 2.63. The first kappa shape index (κ1) is 9.45. The Balaban J connectivity index is 2.18. The van der Waals surface area contributed by atoms with Crippen LogP contribution in [-0.4, -0.2) is 35.4 Å². The van der Waals surface area contributed by atoms with Crippen LogP contribution in [0, 0.1) is 5.92 Å². The lowest BCUT2D eigenvalue weighted by Crippen LogP contribution is -2.52. The van der Waals surface area contributed by atoms with Gasteiger partial charge in [0.15, 0.2) is 0 Å². The van der Waals surface area contributed by atoms with Crippen molar-refractivity contribution < 1.29 is 24.2 Å². The number of carbonyl (C=O) groups excluding carboxylic acids is 2. The van der Waals surface area contributed by atoms with E-state index in [2.05, 4.69) is 0 Å². The number of hydrogen-bond acceptors (Lipinski definition) is 5. The Labute approximate surface area is 81.0 Å². The first-order valence-electron chi connectivity index (χ1n) is 4.66. The highest BCUT2D eigenvalue weighted by Gasteiger charge is 2.47. The highest BCUT2D eigenvalue weighted by molar-refractivity contribution is 5.79. The van der Waals surface area contributed by atoms with Crippen molar-refractivity contribution in [2.24, 2.45) is 5.92 Å². The summed E-state index contributed by atoms with van der Waals surface area (Å²) in [5.74, 6) is -1.60. The number of esters is 2. The van der Waals surface area contributed by atoms with Crippen LogP contribution < -0.4 is 0 Å². The van der Waals surface area contributed by atoms with Gasteiger partial charge < -0.3 is 14.6 Å². The lowest BCUT2D eigenvalue weighted by atomic mass is 9.86. The van der Waals surface area contributed by atoms with Crippen molar-refractivity contribution in [2.45, 2.75) is 38.1 Å². The molecule has 4 atom stereocenters. The van der Waals surface area contributed by atoms with Crippen molar-refractivity contribution in [3.63, 3.8) is 0 Å². The zero-order valence-corrected chi connectivity index (χ0v) is 7.80. The summed E-state index contributed by atoms with van der Waals surface area (Å²) >= 11 is 0. The summed E-state index contributed by atoms with van der Waals surface area (Å²) in [6, 6.07) is 0. The third kappa shape index (κ3) is 1.48. The van der Waals surface area contributed by atoms with Gasteiger partial charge in [-0.1, -0.05) is 0 Å². The molecule has 1 N–H and O–H groups in total. The van der Waals surface area contributed by atoms with Gasteiger partial charge >= 0.3 is 11.9 Å². The van der Waals surface area contributed by atoms with E-state index in [0.717, 1.165) is 0 Å². The van der Waals surface area contributed by atoms with Crippen LogP contribution in [-0.2, 0) is 19.1 Å². The standard InChI is InChI=1S/C9H12O5/c1-4-2-6-8(9(12)13-4)5(10)3-7(11)14-6/h4-6,8,10H,2-3H2,1H3. The highest BCUT2D eigenvalue weighted by Crippen LogP contribution is 2.31. The number of aliphatic hydroxyl groups is 1. The predicted octanol–water partition coefficient (Wildman–Crippen LogP) is -0.386. The topological polar surface area (TPSA) is 72.8 Å². The van der Waals surface area contributed by atoms with Crippen molar-refractivity contribution in [1.82, 2.24) is 0 Å². The van der Waals surface area contributed by atoms with Crippen LogP contribution in [0.2, 0.25) is 0 Å². The Morgan fingerprint density at radius 3 is 2.79 bits per heavy atom. The summed E-state index contributed by atoms with van der Waals surface area (Å²) in [7, 11) is 0. The molecule has 0 radical (unpaired) electrons. The predicted molar refractivity (Wildman–Crippen MR) is 44.2 cm³/mol. The molecule has 2 fully saturated rings. The van der Waals surface area contributed by atoms with Crippen LogP contribution in [0.5, 0.6) is 0 Å². The number of cyclic esters (lactones) is 1. The van der Waals surface area contributed by atoms with E-state index < -0.39 is 30.1 Å². The smallest absolute Gasteiger partial charge is 0.315 e. The molecule has 5 heteroatoms. The molecule has 78 valence electrons. The molecule has 2 heterocycles. The van der Waals surface area contributed by atoms with Crippen molar-refractivity contribution in [2.75, 3.05) is 0 Å². The Morgan fingerprint density at radius 1 is 1.36 bits per heavy atom. The number of fused-ring (bicyclic) bond motifs is 1.